The molecule has 0 aliphatic rings. The standard InChI is InChI=1S/C11H11F6NO2/c12-10(13,14)6-20-18-5-9(19)7-2-1-3-8(4-7)11(15,16)17/h1-4,9,18-19H,5-6H2. The lowest BCUT2D eigenvalue weighted by molar-refractivity contribution is -0.191. The molecular formula is C11H11F6NO2. The van der Waals surface area contributed by atoms with Crippen molar-refractivity contribution in [1.29, 1.82) is 0 Å². The number of nitrogens with one attached hydrogen (secondary N) is 1. The molecule has 0 aromatic heterocycles. The lowest BCUT2D eigenvalue weighted by Gasteiger charge is -2.15. The first-order valence-corrected chi connectivity index (χ1v) is 5.36. The summed E-state index contributed by atoms with van der Waals surface area (Å²) in [6.07, 6.45) is -10.5. The third kappa shape index (κ3) is 5.76. The molecule has 1 aromatic rings. The van der Waals surface area contributed by atoms with E-state index in [1.165, 1.54) is 6.07 Å². The molecule has 0 heterocycles. The predicted octanol–water partition coefficient (Wildman–Crippen LogP) is 2.82. The van der Waals surface area contributed by atoms with Gasteiger partial charge in [0.05, 0.1) is 18.2 Å². The number of hydrogen-bond donors (Lipinski definition) is 2. The van der Waals surface area contributed by atoms with Crippen molar-refractivity contribution in [3.63, 3.8) is 0 Å². The molecule has 0 amide bonds. The van der Waals surface area contributed by atoms with Crippen molar-refractivity contribution < 1.29 is 36.3 Å². The van der Waals surface area contributed by atoms with Crippen LogP contribution in [0.1, 0.15) is 17.2 Å². The van der Waals surface area contributed by atoms with Gasteiger partial charge in [-0.1, -0.05) is 12.1 Å². The molecule has 2 N–H and O–H groups in total. The molecule has 1 aromatic carbocycles. The number of hydroxylamine groups is 1. The lowest BCUT2D eigenvalue weighted by atomic mass is 10.1. The fourth-order valence-corrected chi connectivity index (χ4v) is 1.31. The van der Waals surface area contributed by atoms with Crippen LogP contribution in [0.2, 0.25) is 0 Å². The molecule has 0 bridgehead atoms. The number of benzene rings is 1. The van der Waals surface area contributed by atoms with E-state index in [1.807, 2.05) is 5.48 Å². The first-order valence-electron chi connectivity index (χ1n) is 5.36. The molecule has 0 saturated heterocycles. The second kappa shape index (κ2) is 6.42. The van der Waals surface area contributed by atoms with Crippen LogP contribution in [0, 0.1) is 0 Å². The Morgan fingerprint density at radius 3 is 2.35 bits per heavy atom. The summed E-state index contributed by atoms with van der Waals surface area (Å²) in [7, 11) is 0. The maximum absolute atomic E-state index is 12.4. The largest absolute Gasteiger partial charge is 0.416 e. The van der Waals surface area contributed by atoms with Gasteiger partial charge in [0.2, 0.25) is 0 Å². The smallest absolute Gasteiger partial charge is 0.387 e. The number of aliphatic hydroxyl groups excluding tert-OH is 1. The highest BCUT2D eigenvalue weighted by Gasteiger charge is 2.31. The lowest BCUT2D eigenvalue weighted by Crippen LogP contribution is -2.28. The summed E-state index contributed by atoms with van der Waals surface area (Å²) in [5, 5.41) is 9.55. The topological polar surface area (TPSA) is 41.5 Å². The van der Waals surface area contributed by atoms with Crippen LogP contribution in [0.4, 0.5) is 26.3 Å². The molecule has 9 heteroatoms. The number of hydrogen-bond acceptors (Lipinski definition) is 3. The van der Waals surface area contributed by atoms with Gasteiger partial charge in [0.15, 0.2) is 6.61 Å². The second-order valence-corrected chi connectivity index (χ2v) is 3.89. The minimum Gasteiger partial charge on any atom is -0.387 e. The van der Waals surface area contributed by atoms with Crippen LogP contribution in [-0.2, 0) is 11.0 Å². The van der Waals surface area contributed by atoms with Crippen molar-refractivity contribution in [3.05, 3.63) is 35.4 Å². The van der Waals surface area contributed by atoms with Crippen molar-refractivity contribution in [3.8, 4) is 0 Å². The average Bonchev–Trinajstić information content (AvgIpc) is 2.32. The van der Waals surface area contributed by atoms with Crippen LogP contribution >= 0.6 is 0 Å². The SMILES string of the molecule is OC(CNOCC(F)(F)F)c1cccc(C(F)(F)F)c1. The van der Waals surface area contributed by atoms with Crippen LogP contribution in [0.15, 0.2) is 24.3 Å². The zero-order valence-corrected chi connectivity index (χ0v) is 9.92. The zero-order valence-electron chi connectivity index (χ0n) is 9.92. The molecule has 3 nitrogen and oxygen atoms in total. The van der Waals surface area contributed by atoms with Gasteiger partial charge >= 0.3 is 12.4 Å². The quantitative estimate of drug-likeness (QED) is 0.499. The fourth-order valence-electron chi connectivity index (χ4n) is 1.31. The molecule has 0 aliphatic heterocycles. The second-order valence-electron chi connectivity index (χ2n) is 3.89. The highest BCUT2D eigenvalue weighted by molar-refractivity contribution is 5.27. The zero-order chi connectivity index (χ0) is 15.4. The Hall–Kier alpha value is -1.32. The van der Waals surface area contributed by atoms with Gasteiger partial charge in [0, 0.05) is 0 Å². The van der Waals surface area contributed by atoms with E-state index < -0.39 is 37.2 Å². The molecular weight excluding hydrogens is 292 g/mol. The summed E-state index contributed by atoms with van der Waals surface area (Å²) < 4.78 is 72.5. The molecule has 0 radical (unpaired) electrons. The number of rotatable bonds is 5. The Labute approximate surface area is 110 Å². The van der Waals surface area contributed by atoms with Gasteiger partial charge in [-0.25, -0.2) is 0 Å². The molecule has 0 spiro atoms. The van der Waals surface area contributed by atoms with Gasteiger partial charge in [-0.2, -0.15) is 31.8 Å². The molecule has 1 atom stereocenters. The number of alkyl halides is 6. The van der Waals surface area contributed by atoms with Crippen molar-refractivity contribution in [2.75, 3.05) is 13.2 Å². The third-order valence-corrected chi connectivity index (χ3v) is 2.21. The Bertz CT molecular complexity index is 432. The molecule has 0 saturated carbocycles. The molecule has 1 unspecified atom stereocenters. The maximum atomic E-state index is 12.4. The number of aliphatic hydroxyl groups is 1. The van der Waals surface area contributed by atoms with Crippen LogP contribution in [0.5, 0.6) is 0 Å². The van der Waals surface area contributed by atoms with Gasteiger partial charge in [-0.15, -0.1) is 0 Å². The summed E-state index contributed by atoms with van der Waals surface area (Å²) in [5.74, 6) is 0. The summed E-state index contributed by atoms with van der Waals surface area (Å²) in [6.45, 7) is -2.04. The Morgan fingerprint density at radius 1 is 1.15 bits per heavy atom. The van der Waals surface area contributed by atoms with Crippen molar-refractivity contribution >= 4 is 0 Å². The van der Waals surface area contributed by atoms with Gasteiger partial charge in [-0.05, 0) is 17.7 Å². The average molecular weight is 303 g/mol. The minimum atomic E-state index is -4.56. The highest BCUT2D eigenvalue weighted by Crippen LogP contribution is 2.30. The molecule has 1 rings (SSSR count). The van der Waals surface area contributed by atoms with E-state index >= 15 is 0 Å². The fraction of sp³-hybridized carbons (Fsp3) is 0.455. The summed E-state index contributed by atoms with van der Waals surface area (Å²) in [6, 6.07) is 3.86. The van der Waals surface area contributed by atoms with E-state index in [0.717, 1.165) is 18.2 Å². The van der Waals surface area contributed by atoms with Gasteiger partial charge < -0.3 is 5.11 Å². The molecule has 0 fully saturated rings. The Morgan fingerprint density at radius 2 is 1.80 bits per heavy atom. The summed E-state index contributed by atoms with van der Waals surface area (Å²) in [4.78, 5) is 4.03. The number of halogens is 6. The third-order valence-electron chi connectivity index (χ3n) is 2.21. The monoisotopic (exact) mass is 303 g/mol. The van der Waals surface area contributed by atoms with Crippen molar-refractivity contribution in [1.82, 2.24) is 5.48 Å². The first kappa shape index (κ1) is 16.7. The summed E-state index contributed by atoms with van der Waals surface area (Å²) >= 11 is 0. The first-order chi connectivity index (χ1) is 9.09. The summed E-state index contributed by atoms with van der Waals surface area (Å²) in [5.41, 5.74) is 0.813. The minimum absolute atomic E-state index is 0.0806. The van der Waals surface area contributed by atoms with E-state index in [0.29, 0.717) is 0 Å². The van der Waals surface area contributed by atoms with E-state index in [9.17, 15) is 31.4 Å². The predicted molar refractivity (Wildman–Crippen MR) is 56.4 cm³/mol. The molecule has 20 heavy (non-hydrogen) atoms. The van der Waals surface area contributed by atoms with Crippen LogP contribution in [0.25, 0.3) is 0 Å². The van der Waals surface area contributed by atoms with Crippen molar-refractivity contribution in [2.45, 2.75) is 18.5 Å². The van der Waals surface area contributed by atoms with Gasteiger partial charge in [0.1, 0.15) is 0 Å². The molecule has 114 valence electrons. The van der Waals surface area contributed by atoms with Crippen LogP contribution in [-0.4, -0.2) is 24.4 Å². The van der Waals surface area contributed by atoms with E-state index in [4.69, 9.17) is 0 Å². The van der Waals surface area contributed by atoms with Crippen LogP contribution in [0.3, 0.4) is 0 Å². The Kier molecular flexibility index (Phi) is 5.37. The highest BCUT2D eigenvalue weighted by atomic mass is 19.4. The molecule has 0 aliphatic carbocycles. The maximum Gasteiger partial charge on any atom is 0.416 e. The Balaban J connectivity index is 2.54. The van der Waals surface area contributed by atoms with Gasteiger partial charge in [0.25, 0.3) is 0 Å². The van der Waals surface area contributed by atoms with E-state index in [-0.39, 0.29) is 5.56 Å². The van der Waals surface area contributed by atoms with Crippen LogP contribution < -0.4 is 5.48 Å². The van der Waals surface area contributed by atoms with E-state index in [2.05, 4.69) is 4.84 Å². The van der Waals surface area contributed by atoms with E-state index in [1.54, 1.807) is 0 Å². The van der Waals surface area contributed by atoms with Crippen molar-refractivity contribution in [2.24, 2.45) is 0 Å². The normalized spacial score (nSPS) is 14.3. The van der Waals surface area contributed by atoms with Gasteiger partial charge in [-0.3, -0.25) is 4.84 Å².